The highest BCUT2D eigenvalue weighted by Gasteiger charge is 1.99. The highest BCUT2D eigenvalue weighted by molar-refractivity contribution is 5.44. The maximum Gasteiger partial charge on any atom is 0.128 e. The fourth-order valence-electron chi connectivity index (χ4n) is 0.924. The van der Waals surface area contributed by atoms with Gasteiger partial charge in [-0.3, -0.25) is 5.84 Å². The van der Waals surface area contributed by atoms with Crippen molar-refractivity contribution < 1.29 is 4.39 Å². The Labute approximate surface area is 65.2 Å². The van der Waals surface area contributed by atoms with E-state index in [1.165, 1.54) is 6.07 Å². The molecule has 3 N–H and O–H groups in total. The molecular weight excluding hydrogens is 143 g/mol. The van der Waals surface area contributed by atoms with Crippen molar-refractivity contribution in [1.82, 2.24) is 0 Å². The summed E-state index contributed by atoms with van der Waals surface area (Å²) in [5, 5.41) is 0. The fraction of sp³-hybridized carbons (Fsp3) is 0.250. The molecule has 0 bridgehead atoms. The first kappa shape index (κ1) is 8.01. The van der Waals surface area contributed by atoms with Crippen molar-refractivity contribution in [3.8, 4) is 0 Å². The summed E-state index contributed by atoms with van der Waals surface area (Å²) in [6, 6.07) is 4.87. The Bertz CT molecular complexity index is 248. The molecule has 0 fully saturated rings. The lowest BCUT2D eigenvalue weighted by molar-refractivity contribution is 0.612. The highest BCUT2D eigenvalue weighted by atomic mass is 19.1. The van der Waals surface area contributed by atoms with Crippen molar-refractivity contribution in [3.05, 3.63) is 29.6 Å². The van der Waals surface area contributed by atoms with E-state index in [-0.39, 0.29) is 5.82 Å². The highest BCUT2D eigenvalue weighted by Crippen LogP contribution is 2.13. The molecule has 0 atom stereocenters. The maximum absolute atomic E-state index is 12.9. The Morgan fingerprint density at radius 1 is 1.55 bits per heavy atom. The van der Waals surface area contributed by atoms with Crippen molar-refractivity contribution in [3.63, 3.8) is 0 Å². The quantitative estimate of drug-likeness (QED) is 0.502. The van der Waals surface area contributed by atoms with Gasteiger partial charge in [-0.15, -0.1) is 0 Å². The Morgan fingerprint density at radius 3 is 2.73 bits per heavy atom. The zero-order valence-corrected chi connectivity index (χ0v) is 6.39. The summed E-state index contributed by atoms with van der Waals surface area (Å²) in [6.45, 7) is 1.91. The molecule has 1 aromatic rings. The number of halogens is 1. The van der Waals surface area contributed by atoms with Gasteiger partial charge in [0.15, 0.2) is 0 Å². The second-order valence-corrected chi connectivity index (χ2v) is 2.30. The monoisotopic (exact) mass is 154 g/mol. The average molecular weight is 154 g/mol. The molecule has 60 valence electrons. The number of hydrogen-bond acceptors (Lipinski definition) is 2. The minimum Gasteiger partial charge on any atom is -0.324 e. The van der Waals surface area contributed by atoms with E-state index in [1.54, 1.807) is 12.1 Å². The number of rotatable bonds is 2. The van der Waals surface area contributed by atoms with E-state index in [2.05, 4.69) is 5.43 Å². The van der Waals surface area contributed by atoms with E-state index in [1.807, 2.05) is 6.92 Å². The lowest BCUT2D eigenvalue weighted by atomic mass is 10.1. The summed E-state index contributed by atoms with van der Waals surface area (Å²) < 4.78 is 12.9. The van der Waals surface area contributed by atoms with Gasteiger partial charge in [-0.2, -0.15) is 0 Å². The van der Waals surface area contributed by atoms with Gasteiger partial charge in [-0.05, 0) is 24.1 Å². The van der Waals surface area contributed by atoms with Gasteiger partial charge in [-0.25, -0.2) is 4.39 Å². The zero-order chi connectivity index (χ0) is 8.27. The van der Waals surface area contributed by atoms with Crippen LogP contribution in [0.4, 0.5) is 10.1 Å². The van der Waals surface area contributed by atoms with Crippen molar-refractivity contribution in [1.29, 1.82) is 0 Å². The van der Waals surface area contributed by atoms with Gasteiger partial charge in [0.1, 0.15) is 5.82 Å². The lowest BCUT2D eigenvalue weighted by Crippen LogP contribution is -2.07. The van der Waals surface area contributed by atoms with Gasteiger partial charge in [0.05, 0.1) is 5.69 Å². The number of benzene rings is 1. The number of aryl methyl sites for hydroxylation is 1. The molecule has 0 amide bonds. The van der Waals surface area contributed by atoms with Crippen LogP contribution in [0.15, 0.2) is 18.2 Å². The standard InChI is InChI=1S/C8H11FN2/c1-2-6-3-4-7(11-10)5-8(6)9/h3-5,11H,2,10H2,1H3. The van der Waals surface area contributed by atoms with Gasteiger partial charge in [0.2, 0.25) is 0 Å². The molecule has 1 rings (SSSR count). The molecule has 0 unspecified atom stereocenters. The normalized spacial score (nSPS) is 9.73. The van der Waals surface area contributed by atoms with Crippen LogP contribution >= 0.6 is 0 Å². The number of hydrazine groups is 1. The fourth-order valence-corrected chi connectivity index (χ4v) is 0.924. The summed E-state index contributed by atoms with van der Waals surface area (Å²) in [5.74, 6) is 4.89. The molecule has 0 spiro atoms. The Hall–Kier alpha value is -1.09. The molecule has 0 heterocycles. The molecule has 2 nitrogen and oxygen atoms in total. The first-order chi connectivity index (χ1) is 5.27. The van der Waals surface area contributed by atoms with Gasteiger partial charge in [0.25, 0.3) is 0 Å². The largest absolute Gasteiger partial charge is 0.324 e. The van der Waals surface area contributed by atoms with Crippen LogP contribution in [0.3, 0.4) is 0 Å². The number of anilines is 1. The minimum atomic E-state index is -0.206. The van der Waals surface area contributed by atoms with Gasteiger partial charge < -0.3 is 5.43 Å². The van der Waals surface area contributed by atoms with Crippen LogP contribution in [0.2, 0.25) is 0 Å². The van der Waals surface area contributed by atoms with Crippen LogP contribution in [-0.4, -0.2) is 0 Å². The molecule has 0 aliphatic carbocycles. The lowest BCUT2D eigenvalue weighted by Gasteiger charge is -2.02. The predicted molar refractivity (Wildman–Crippen MR) is 43.6 cm³/mol. The molecule has 1 aromatic carbocycles. The van der Waals surface area contributed by atoms with E-state index in [4.69, 9.17) is 5.84 Å². The van der Waals surface area contributed by atoms with Crippen LogP contribution < -0.4 is 11.3 Å². The third-order valence-electron chi connectivity index (χ3n) is 1.60. The molecule has 0 aliphatic heterocycles. The average Bonchev–Trinajstić information content (AvgIpc) is 2.04. The van der Waals surface area contributed by atoms with Crippen LogP contribution in [0.5, 0.6) is 0 Å². The minimum absolute atomic E-state index is 0.206. The molecule has 0 aliphatic rings. The topological polar surface area (TPSA) is 38.0 Å². The molecule has 0 aromatic heterocycles. The van der Waals surface area contributed by atoms with Crippen LogP contribution in [0, 0.1) is 5.82 Å². The van der Waals surface area contributed by atoms with Crippen molar-refractivity contribution in [2.45, 2.75) is 13.3 Å². The van der Waals surface area contributed by atoms with E-state index in [0.717, 1.165) is 0 Å². The van der Waals surface area contributed by atoms with Crippen molar-refractivity contribution in [2.75, 3.05) is 5.43 Å². The van der Waals surface area contributed by atoms with Crippen LogP contribution in [0.1, 0.15) is 12.5 Å². The third kappa shape index (κ3) is 1.68. The van der Waals surface area contributed by atoms with E-state index >= 15 is 0 Å². The summed E-state index contributed by atoms with van der Waals surface area (Å²) in [5.41, 5.74) is 3.69. The third-order valence-corrected chi connectivity index (χ3v) is 1.60. The molecular formula is C8H11FN2. The first-order valence-electron chi connectivity index (χ1n) is 3.53. The molecule has 0 saturated carbocycles. The zero-order valence-electron chi connectivity index (χ0n) is 6.39. The summed E-state index contributed by atoms with van der Waals surface area (Å²) in [4.78, 5) is 0. The summed E-state index contributed by atoms with van der Waals surface area (Å²) in [6.07, 6.45) is 0.705. The number of nitrogen functional groups attached to an aromatic ring is 1. The molecule has 11 heavy (non-hydrogen) atoms. The number of nitrogens with two attached hydrogens (primary N) is 1. The van der Waals surface area contributed by atoms with Gasteiger partial charge in [-0.1, -0.05) is 13.0 Å². The van der Waals surface area contributed by atoms with Gasteiger partial charge >= 0.3 is 0 Å². The van der Waals surface area contributed by atoms with Crippen LogP contribution in [-0.2, 0) is 6.42 Å². The number of hydrogen-bond donors (Lipinski definition) is 2. The molecule has 3 heteroatoms. The van der Waals surface area contributed by atoms with Crippen molar-refractivity contribution in [2.24, 2.45) is 5.84 Å². The Morgan fingerprint density at radius 2 is 2.27 bits per heavy atom. The first-order valence-corrected chi connectivity index (χ1v) is 3.53. The smallest absolute Gasteiger partial charge is 0.128 e. The summed E-state index contributed by atoms with van der Waals surface area (Å²) >= 11 is 0. The Kier molecular flexibility index (Phi) is 2.44. The maximum atomic E-state index is 12.9. The van der Waals surface area contributed by atoms with Crippen molar-refractivity contribution >= 4 is 5.69 Å². The second-order valence-electron chi connectivity index (χ2n) is 2.30. The van der Waals surface area contributed by atoms with E-state index < -0.39 is 0 Å². The number of nitrogens with one attached hydrogen (secondary N) is 1. The molecule has 0 radical (unpaired) electrons. The predicted octanol–water partition coefficient (Wildman–Crippen LogP) is 1.67. The molecule has 0 saturated heterocycles. The van der Waals surface area contributed by atoms with Crippen LogP contribution in [0.25, 0.3) is 0 Å². The summed E-state index contributed by atoms with van der Waals surface area (Å²) in [7, 11) is 0. The second kappa shape index (κ2) is 3.34. The van der Waals surface area contributed by atoms with E-state index in [9.17, 15) is 4.39 Å². The van der Waals surface area contributed by atoms with E-state index in [0.29, 0.717) is 17.7 Å². The SMILES string of the molecule is CCc1ccc(NN)cc1F. The Balaban J connectivity index is 2.99. The van der Waals surface area contributed by atoms with Gasteiger partial charge in [0, 0.05) is 0 Å².